The Bertz CT molecular complexity index is 91.1. The quantitative estimate of drug-likeness (QED) is 0.559. The molecule has 4 heteroatoms. The van der Waals surface area contributed by atoms with Gasteiger partial charge in [0, 0.05) is 42.4 Å². The molecule has 0 spiro atoms. The molecule has 0 N–H and O–H groups in total. The van der Waals surface area contributed by atoms with Crippen LogP contribution in [0.4, 0.5) is 4.70 Å². The smallest absolute Gasteiger partial charge is 0.137 e. The van der Waals surface area contributed by atoms with Gasteiger partial charge in [0.2, 0.25) is 0 Å². The molecule has 0 aromatic rings. The number of carbonyl (C=O) groups excluding carboxylic acids is 2. The van der Waals surface area contributed by atoms with Gasteiger partial charge in [-0.1, -0.05) is 0 Å². The Hall–Kier alpha value is 0.530. The van der Waals surface area contributed by atoms with Gasteiger partial charge < -0.3 is 0 Å². The van der Waals surface area contributed by atoms with Gasteiger partial charge in [0.1, 0.15) is 11.6 Å². The fourth-order valence-electron chi connectivity index (χ4n) is 0.351. The maximum absolute atomic E-state index is 10.0. The molecule has 0 unspecified atom stereocenters. The Kier molecular flexibility index (Phi) is 15.4. The molecule has 0 atom stereocenters. The van der Waals surface area contributed by atoms with E-state index >= 15 is 0 Å². The van der Waals surface area contributed by atoms with Crippen molar-refractivity contribution in [1.82, 2.24) is 0 Å². The molecule has 0 amide bonds. The number of hydrogen-bond acceptors (Lipinski definition) is 2. The summed E-state index contributed by atoms with van der Waals surface area (Å²) in [6.07, 6.45) is 0.0833. The summed E-state index contributed by atoms with van der Waals surface area (Å²) >= 11 is 0. The van der Waals surface area contributed by atoms with E-state index in [9.17, 15) is 9.59 Å². The molecule has 58 valence electrons. The van der Waals surface area contributed by atoms with E-state index in [4.69, 9.17) is 0 Å². The first-order valence-electron chi connectivity index (χ1n) is 2.12. The summed E-state index contributed by atoms with van der Waals surface area (Å²) in [5.41, 5.74) is 0. The standard InChI is InChI=1S/C5H8O2.F.Ho/c1-4(6)3-5(2)7;;/h3H2,1-2H3;;. The molecule has 0 saturated carbocycles. The molecule has 0 aliphatic rings. The summed E-state index contributed by atoms with van der Waals surface area (Å²) in [5, 5.41) is 0. The molecule has 0 aliphatic heterocycles. The molecule has 0 aromatic heterocycles. The van der Waals surface area contributed by atoms with E-state index in [1.54, 1.807) is 0 Å². The minimum absolute atomic E-state index is 0. The molecule has 0 aliphatic carbocycles. The van der Waals surface area contributed by atoms with Gasteiger partial charge in [-0.2, -0.15) is 0 Å². The molecular weight excluding hydrogens is 276 g/mol. The summed E-state index contributed by atoms with van der Waals surface area (Å²) in [5.74, 6) is -0.125. The van der Waals surface area contributed by atoms with Crippen LogP contribution in [0.25, 0.3) is 0 Å². The zero-order valence-electron chi connectivity index (χ0n) is 5.20. The van der Waals surface area contributed by atoms with Crippen molar-refractivity contribution < 1.29 is 52.0 Å². The van der Waals surface area contributed by atoms with Crippen LogP contribution in [0.15, 0.2) is 0 Å². The van der Waals surface area contributed by atoms with Crippen molar-refractivity contribution in [2.75, 3.05) is 0 Å². The molecule has 0 heterocycles. The number of Topliss-reactive ketones (excluding diaryl/α,β-unsaturated/α-hetero) is 2. The van der Waals surface area contributed by atoms with E-state index in [1.165, 1.54) is 13.8 Å². The second-order valence-corrected chi connectivity index (χ2v) is 1.58. The maximum Gasteiger partial charge on any atom is 0.137 e. The van der Waals surface area contributed by atoms with Crippen LogP contribution >= 0.6 is 0 Å². The average Bonchev–Trinajstić information content (AvgIpc) is 1.27. The van der Waals surface area contributed by atoms with E-state index < -0.39 is 0 Å². The third-order valence-electron chi connectivity index (χ3n) is 0.498. The van der Waals surface area contributed by atoms with Crippen molar-refractivity contribution in [1.29, 1.82) is 0 Å². The molecule has 0 fully saturated rings. The molecule has 2 nitrogen and oxygen atoms in total. The monoisotopic (exact) mass is 284 g/mol. The van der Waals surface area contributed by atoms with Crippen LogP contribution in [0.3, 0.4) is 0 Å². The third-order valence-corrected chi connectivity index (χ3v) is 0.498. The van der Waals surface area contributed by atoms with Gasteiger partial charge >= 0.3 is 0 Å². The van der Waals surface area contributed by atoms with E-state index in [-0.39, 0.29) is 60.4 Å². The van der Waals surface area contributed by atoms with Crippen LogP contribution in [-0.4, -0.2) is 11.6 Å². The summed E-state index contributed by atoms with van der Waals surface area (Å²) in [4.78, 5) is 20.1. The van der Waals surface area contributed by atoms with Gasteiger partial charge in [-0.25, -0.2) is 0 Å². The molecule has 0 aromatic carbocycles. The van der Waals surface area contributed by atoms with Crippen molar-refractivity contribution in [3.63, 3.8) is 0 Å². The van der Waals surface area contributed by atoms with Crippen LogP contribution in [-0.2, 0) is 9.59 Å². The van der Waals surface area contributed by atoms with Crippen LogP contribution in [0.1, 0.15) is 20.3 Å². The van der Waals surface area contributed by atoms with Gasteiger partial charge in [-0.15, -0.1) is 0 Å². The first-order chi connectivity index (χ1) is 3.13. The van der Waals surface area contributed by atoms with Crippen LogP contribution in [0, 0.1) is 37.7 Å². The van der Waals surface area contributed by atoms with Crippen molar-refractivity contribution in [2.45, 2.75) is 20.3 Å². The minimum atomic E-state index is -0.0625. The zero-order chi connectivity index (χ0) is 5.86. The van der Waals surface area contributed by atoms with Crippen molar-refractivity contribution >= 4 is 11.6 Å². The number of hydrogen-bond donors (Lipinski definition) is 0. The van der Waals surface area contributed by atoms with E-state index in [1.807, 2.05) is 0 Å². The number of carbonyl (C=O) groups is 2. The third kappa shape index (κ3) is 17.7. The SMILES string of the molecule is CC(=O)CC(C)=O.[F].[Ho]. The van der Waals surface area contributed by atoms with Gasteiger partial charge in [0.25, 0.3) is 0 Å². The minimum Gasteiger partial charge on any atom is -0.300 e. The Morgan fingerprint density at radius 3 is 1.33 bits per heavy atom. The van der Waals surface area contributed by atoms with E-state index in [0.717, 1.165) is 0 Å². The summed E-state index contributed by atoms with van der Waals surface area (Å²) < 4.78 is 0. The Morgan fingerprint density at radius 2 is 1.33 bits per heavy atom. The Morgan fingerprint density at radius 1 is 1.11 bits per heavy atom. The second-order valence-electron chi connectivity index (χ2n) is 1.58. The Labute approximate surface area is 83.4 Å². The number of ketones is 2. The maximum atomic E-state index is 10.0. The summed E-state index contributed by atoms with van der Waals surface area (Å²) in [7, 11) is 0. The molecule has 9 heavy (non-hydrogen) atoms. The van der Waals surface area contributed by atoms with Crippen LogP contribution in [0.2, 0.25) is 0 Å². The van der Waals surface area contributed by atoms with Gasteiger partial charge in [-0.3, -0.25) is 9.59 Å². The number of rotatable bonds is 2. The summed E-state index contributed by atoms with van der Waals surface area (Å²) in [6.45, 7) is 2.81. The van der Waals surface area contributed by atoms with Gasteiger partial charge in [0.15, 0.2) is 0 Å². The first kappa shape index (κ1) is 16.3. The predicted molar refractivity (Wildman–Crippen MR) is 27.1 cm³/mol. The van der Waals surface area contributed by atoms with Gasteiger partial charge in [0.05, 0.1) is 6.42 Å². The largest absolute Gasteiger partial charge is 0.300 e. The van der Waals surface area contributed by atoms with E-state index in [0.29, 0.717) is 0 Å². The van der Waals surface area contributed by atoms with Crippen molar-refractivity contribution in [3.05, 3.63) is 0 Å². The molecule has 0 saturated heterocycles. The summed E-state index contributed by atoms with van der Waals surface area (Å²) in [6, 6.07) is 0. The molecule has 0 bridgehead atoms. The van der Waals surface area contributed by atoms with Gasteiger partial charge in [-0.05, 0) is 13.8 Å². The number of halogens is 1. The normalized spacial score (nSPS) is 6.44. The van der Waals surface area contributed by atoms with Crippen molar-refractivity contribution in [3.8, 4) is 0 Å². The first-order valence-corrected chi connectivity index (χ1v) is 2.12. The molecule has 2 radical (unpaired) electrons. The van der Waals surface area contributed by atoms with Crippen LogP contribution in [0.5, 0.6) is 0 Å². The van der Waals surface area contributed by atoms with Crippen LogP contribution < -0.4 is 0 Å². The molecular formula is C5H8FHoO2. The fraction of sp³-hybridized carbons (Fsp3) is 0.600. The topological polar surface area (TPSA) is 34.1 Å². The average molecular weight is 284 g/mol. The second kappa shape index (κ2) is 8.53. The fourth-order valence-corrected chi connectivity index (χ4v) is 0.351. The van der Waals surface area contributed by atoms with E-state index in [2.05, 4.69) is 0 Å². The van der Waals surface area contributed by atoms with Crippen molar-refractivity contribution in [2.24, 2.45) is 0 Å². The predicted octanol–water partition coefficient (Wildman–Crippen LogP) is 0.975. The zero-order valence-corrected chi connectivity index (χ0v) is 7.14. The molecule has 0 rings (SSSR count). The Balaban J connectivity index is -0.000000180.